The normalized spacial score (nSPS) is 11.6. The third-order valence-electron chi connectivity index (χ3n) is 5.10. The van der Waals surface area contributed by atoms with E-state index in [-0.39, 0.29) is 22.1 Å². The number of H-pyrrole nitrogens is 1. The number of amides is 1. The maximum atomic E-state index is 12.8. The second kappa shape index (κ2) is 7.43. The first-order valence-corrected chi connectivity index (χ1v) is 9.77. The second-order valence-corrected chi connectivity index (χ2v) is 8.34. The Morgan fingerprint density at radius 2 is 1.84 bits per heavy atom. The molecule has 1 amide bonds. The maximum absolute atomic E-state index is 12.8. The predicted octanol–water partition coefficient (Wildman–Crippen LogP) is 4.19. The van der Waals surface area contributed by atoms with Crippen LogP contribution in [0.15, 0.2) is 62.5 Å². The van der Waals surface area contributed by atoms with Crippen molar-refractivity contribution in [2.75, 3.05) is 12.4 Å². The second-order valence-electron chi connectivity index (χ2n) is 8.34. The third-order valence-corrected chi connectivity index (χ3v) is 5.10. The average Bonchev–Trinajstić information content (AvgIpc) is 2.71. The van der Waals surface area contributed by atoms with Gasteiger partial charge in [0.25, 0.3) is 5.91 Å². The molecule has 2 N–H and O–H groups in total. The van der Waals surface area contributed by atoms with Gasteiger partial charge in [0.1, 0.15) is 5.56 Å². The molecule has 4 rings (SSSR count). The SMILES string of the molecule is COc1cccc2cc(C(=O)Nc3ccc4c(C(C)(C)C)cc(=O)[nH]c4c3)c(=O)oc12. The van der Waals surface area contributed by atoms with Crippen molar-refractivity contribution < 1.29 is 13.9 Å². The number of carbonyl (C=O) groups excluding carboxylic acids is 1. The molecule has 0 spiro atoms. The number of fused-ring (bicyclic) bond motifs is 2. The van der Waals surface area contributed by atoms with Gasteiger partial charge in [-0.2, -0.15) is 0 Å². The van der Waals surface area contributed by atoms with Crippen LogP contribution < -0.4 is 21.2 Å². The van der Waals surface area contributed by atoms with E-state index in [0.717, 1.165) is 10.9 Å². The monoisotopic (exact) mass is 418 g/mol. The van der Waals surface area contributed by atoms with Gasteiger partial charge in [0.05, 0.1) is 12.6 Å². The minimum Gasteiger partial charge on any atom is -0.493 e. The quantitative estimate of drug-likeness (QED) is 0.486. The van der Waals surface area contributed by atoms with Crippen molar-refractivity contribution in [2.45, 2.75) is 26.2 Å². The van der Waals surface area contributed by atoms with Crippen molar-refractivity contribution in [1.29, 1.82) is 0 Å². The van der Waals surface area contributed by atoms with Crippen molar-refractivity contribution >= 4 is 33.5 Å². The molecule has 31 heavy (non-hydrogen) atoms. The Balaban J connectivity index is 1.73. The first-order valence-electron chi connectivity index (χ1n) is 9.77. The van der Waals surface area contributed by atoms with Crippen LogP contribution in [0.5, 0.6) is 5.75 Å². The Morgan fingerprint density at radius 1 is 1.06 bits per heavy atom. The molecule has 0 saturated heterocycles. The lowest BCUT2D eigenvalue weighted by Gasteiger charge is -2.21. The molecule has 0 aliphatic rings. The van der Waals surface area contributed by atoms with Crippen LogP contribution in [0.25, 0.3) is 21.9 Å². The summed E-state index contributed by atoms with van der Waals surface area (Å²) in [6.45, 7) is 6.10. The van der Waals surface area contributed by atoms with Gasteiger partial charge in [-0.3, -0.25) is 9.59 Å². The van der Waals surface area contributed by atoms with Gasteiger partial charge in [0, 0.05) is 22.5 Å². The maximum Gasteiger partial charge on any atom is 0.349 e. The largest absolute Gasteiger partial charge is 0.493 e. The van der Waals surface area contributed by atoms with E-state index in [2.05, 4.69) is 10.3 Å². The van der Waals surface area contributed by atoms with E-state index in [1.54, 1.807) is 36.4 Å². The zero-order valence-corrected chi connectivity index (χ0v) is 17.7. The summed E-state index contributed by atoms with van der Waals surface area (Å²) in [4.78, 5) is 40.1. The first kappa shape index (κ1) is 20.4. The lowest BCUT2D eigenvalue weighted by Crippen LogP contribution is -2.21. The minimum atomic E-state index is -0.765. The van der Waals surface area contributed by atoms with Crippen LogP contribution in [0.3, 0.4) is 0 Å². The number of hydrogen-bond donors (Lipinski definition) is 2. The highest BCUT2D eigenvalue weighted by molar-refractivity contribution is 6.06. The zero-order valence-electron chi connectivity index (χ0n) is 17.7. The fourth-order valence-corrected chi connectivity index (χ4v) is 3.59. The summed E-state index contributed by atoms with van der Waals surface area (Å²) in [5.74, 6) is -0.193. The summed E-state index contributed by atoms with van der Waals surface area (Å²) < 4.78 is 10.5. The third kappa shape index (κ3) is 3.82. The van der Waals surface area contributed by atoms with Gasteiger partial charge in [-0.1, -0.05) is 39.0 Å². The van der Waals surface area contributed by atoms with Crippen molar-refractivity contribution in [1.82, 2.24) is 4.98 Å². The molecule has 0 bridgehead atoms. The van der Waals surface area contributed by atoms with E-state index in [0.29, 0.717) is 22.3 Å². The Hall–Kier alpha value is -3.87. The van der Waals surface area contributed by atoms with Gasteiger partial charge < -0.3 is 19.5 Å². The minimum absolute atomic E-state index is 0.127. The summed E-state index contributed by atoms with van der Waals surface area (Å²) in [7, 11) is 1.48. The van der Waals surface area contributed by atoms with Crippen LogP contribution in [0, 0.1) is 0 Å². The number of benzene rings is 2. The summed E-state index contributed by atoms with van der Waals surface area (Å²) in [6.07, 6.45) is 0. The van der Waals surface area contributed by atoms with E-state index in [1.165, 1.54) is 13.2 Å². The van der Waals surface area contributed by atoms with Gasteiger partial charge in [-0.15, -0.1) is 0 Å². The highest BCUT2D eigenvalue weighted by atomic mass is 16.5. The molecule has 0 radical (unpaired) electrons. The molecular weight excluding hydrogens is 396 g/mol. The van der Waals surface area contributed by atoms with E-state index < -0.39 is 11.5 Å². The standard InChI is InChI=1S/C24H22N2O5/c1-24(2,3)17-12-20(27)26-18-11-14(8-9-15(17)18)25-22(28)16-10-13-6-5-7-19(30-4)21(13)31-23(16)29/h5-12H,1-4H3,(H,25,28)(H,26,27). The molecule has 0 saturated carbocycles. The Morgan fingerprint density at radius 3 is 2.55 bits per heavy atom. The van der Waals surface area contributed by atoms with E-state index in [1.807, 2.05) is 26.8 Å². The number of hydrogen-bond acceptors (Lipinski definition) is 5. The van der Waals surface area contributed by atoms with Gasteiger partial charge in [0.2, 0.25) is 5.56 Å². The van der Waals surface area contributed by atoms with Crippen LogP contribution >= 0.6 is 0 Å². The molecule has 7 nitrogen and oxygen atoms in total. The van der Waals surface area contributed by atoms with Crippen LogP contribution in [0.4, 0.5) is 5.69 Å². The topological polar surface area (TPSA) is 101 Å². The van der Waals surface area contributed by atoms with Gasteiger partial charge in [0.15, 0.2) is 11.3 Å². The molecule has 0 unspecified atom stereocenters. The first-order chi connectivity index (χ1) is 14.7. The van der Waals surface area contributed by atoms with Crippen molar-refractivity contribution in [3.05, 3.63) is 80.4 Å². The number of aromatic nitrogens is 1. The number of rotatable bonds is 3. The summed E-state index contributed by atoms with van der Waals surface area (Å²) in [5.41, 5.74) is 0.914. The van der Waals surface area contributed by atoms with Crippen LogP contribution in [0.2, 0.25) is 0 Å². The summed E-state index contributed by atoms with van der Waals surface area (Å²) in [6, 6.07) is 13.5. The van der Waals surface area contributed by atoms with Gasteiger partial charge in [-0.05, 0) is 35.2 Å². The van der Waals surface area contributed by atoms with Crippen molar-refractivity contribution in [3.63, 3.8) is 0 Å². The van der Waals surface area contributed by atoms with Crippen LogP contribution in [-0.4, -0.2) is 18.0 Å². The van der Waals surface area contributed by atoms with Crippen molar-refractivity contribution in [3.8, 4) is 5.75 Å². The van der Waals surface area contributed by atoms with Crippen LogP contribution in [-0.2, 0) is 5.41 Å². The number of aromatic amines is 1. The molecule has 4 aromatic rings. The Bertz CT molecular complexity index is 1440. The highest BCUT2D eigenvalue weighted by Gasteiger charge is 2.19. The number of para-hydroxylation sites is 1. The Kier molecular flexibility index (Phi) is 4.89. The number of anilines is 1. The number of pyridine rings is 1. The molecule has 0 aliphatic heterocycles. The zero-order chi connectivity index (χ0) is 22.3. The lowest BCUT2D eigenvalue weighted by atomic mass is 9.85. The molecule has 0 atom stereocenters. The van der Waals surface area contributed by atoms with Gasteiger partial charge in [-0.25, -0.2) is 4.79 Å². The molecule has 2 heterocycles. The fourth-order valence-electron chi connectivity index (χ4n) is 3.59. The lowest BCUT2D eigenvalue weighted by molar-refractivity contribution is 0.102. The molecule has 2 aromatic carbocycles. The number of nitrogens with one attached hydrogen (secondary N) is 2. The van der Waals surface area contributed by atoms with Gasteiger partial charge >= 0.3 is 5.63 Å². The summed E-state index contributed by atoms with van der Waals surface area (Å²) in [5, 5.41) is 4.17. The number of ether oxygens (including phenoxy) is 1. The highest BCUT2D eigenvalue weighted by Crippen LogP contribution is 2.29. The summed E-state index contributed by atoms with van der Waals surface area (Å²) >= 11 is 0. The predicted molar refractivity (Wildman–Crippen MR) is 120 cm³/mol. The average molecular weight is 418 g/mol. The number of methoxy groups -OCH3 is 1. The molecule has 2 aromatic heterocycles. The molecular formula is C24H22N2O5. The van der Waals surface area contributed by atoms with Crippen LogP contribution in [0.1, 0.15) is 36.7 Å². The molecule has 158 valence electrons. The van der Waals surface area contributed by atoms with Crippen molar-refractivity contribution in [2.24, 2.45) is 0 Å². The smallest absolute Gasteiger partial charge is 0.349 e. The molecule has 0 fully saturated rings. The fraction of sp³-hybridized carbons (Fsp3) is 0.208. The Labute approximate surface area is 177 Å². The van der Waals surface area contributed by atoms with E-state index in [9.17, 15) is 14.4 Å². The number of carbonyl (C=O) groups is 1. The van der Waals surface area contributed by atoms with E-state index in [4.69, 9.17) is 9.15 Å². The molecule has 7 heteroatoms. The molecule has 0 aliphatic carbocycles. The van der Waals surface area contributed by atoms with E-state index >= 15 is 0 Å².